The summed E-state index contributed by atoms with van der Waals surface area (Å²) in [5, 5.41) is 3.55. The molecule has 2 atom stereocenters. The second-order valence-corrected chi connectivity index (χ2v) is 6.39. The Hall–Kier alpha value is -0.0800. The molecule has 0 aromatic heterocycles. The van der Waals surface area contributed by atoms with Crippen molar-refractivity contribution in [3.05, 3.63) is 0 Å². The third-order valence-corrected chi connectivity index (χ3v) is 4.48. The van der Waals surface area contributed by atoms with Gasteiger partial charge in [-0.25, -0.2) is 0 Å². The molecule has 1 saturated heterocycles. The fourth-order valence-corrected chi connectivity index (χ4v) is 3.58. The summed E-state index contributed by atoms with van der Waals surface area (Å²) in [6.07, 6.45) is 8.76. The average molecular weight is 238 g/mol. The number of nitrogens with one attached hydrogen (secondary N) is 1. The van der Waals surface area contributed by atoms with E-state index in [4.69, 9.17) is 0 Å². The number of fused-ring (bicyclic) bond motifs is 1. The topological polar surface area (TPSA) is 15.3 Å². The molecule has 100 valence electrons. The van der Waals surface area contributed by atoms with Gasteiger partial charge in [-0.1, -0.05) is 26.7 Å². The third kappa shape index (κ3) is 3.96. The first-order chi connectivity index (χ1) is 8.27. The molecule has 0 aromatic carbocycles. The summed E-state index contributed by atoms with van der Waals surface area (Å²) in [6, 6.07) is 0.953. The van der Waals surface area contributed by atoms with Gasteiger partial charge in [0.2, 0.25) is 0 Å². The molecule has 2 unspecified atom stereocenters. The first-order valence-corrected chi connectivity index (χ1v) is 7.72. The normalized spacial score (nSPS) is 29.8. The third-order valence-electron chi connectivity index (χ3n) is 4.48. The van der Waals surface area contributed by atoms with E-state index in [9.17, 15) is 0 Å². The monoisotopic (exact) mass is 238 g/mol. The first kappa shape index (κ1) is 13.4. The van der Waals surface area contributed by atoms with E-state index >= 15 is 0 Å². The van der Waals surface area contributed by atoms with Crippen molar-refractivity contribution in [3.63, 3.8) is 0 Å². The van der Waals surface area contributed by atoms with Gasteiger partial charge in [0, 0.05) is 6.04 Å². The minimum Gasteiger partial charge on any atom is -0.316 e. The summed E-state index contributed by atoms with van der Waals surface area (Å²) in [4.78, 5) is 2.78. The Labute approximate surface area is 107 Å². The van der Waals surface area contributed by atoms with E-state index in [2.05, 4.69) is 24.1 Å². The number of rotatable bonds is 6. The molecule has 2 nitrogen and oxygen atoms in total. The van der Waals surface area contributed by atoms with Crippen LogP contribution < -0.4 is 5.32 Å². The Bertz CT molecular complexity index is 215. The Morgan fingerprint density at radius 2 is 2.00 bits per heavy atom. The highest BCUT2D eigenvalue weighted by molar-refractivity contribution is 4.89. The molecule has 2 heteroatoms. The number of hydrogen-bond acceptors (Lipinski definition) is 2. The minimum atomic E-state index is 0.782. The van der Waals surface area contributed by atoms with E-state index < -0.39 is 0 Å². The molecule has 2 fully saturated rings. The largest absolute Gasteiger partial charge is 0.316 e. The molecule has 2 rings (SSSR count). The molecule has 2 aliphatic rings. The van der Waals surface area contributed by atoms with Crippen LogP contribution in [0.5, 0.6) is 0 Å². The van der Waals surface area contributed by atoms with Crippen LogP contribution in [0.15, 0.2) is 0 Å². The van der Waals surface area contributed by atoms with Gasteiger partial charge in [-0.2, -0.15) is 0 Å². The Morgan fingerprint density at radius 3 is 2.82 bits per heavy atom. The van der Waals surface area contributed by atoms with E-state index in [0.717, 1.165) is 17.9 Å². The molecule has 1 N–H and O–H groups in total. The lowest BCUT2D eigenvalue weighted by molar-refractivity contribution is 0.180. The quantitative estimate of drug-likeness (QED) is 0.716. The molecule has 0 aromatic rings. The second kappa shape index (κ2) is 6.75. The minimum absolute atomic E-state index is 0.782. The number of likely N-dealkylation sites (tertiary alicyclic amines) is 1. The average Bonchev–Trinajstić information content (AvgIpc) is 2.72. The van der Waals surface area contributed by atoms with Gasteiger partial charge in [0.15, 0.2) is 0 Å². The standard InChI is InChI=1S/C15H30N2/c1-13(2)12-16-9-5-10-17-11-8-14-6-3-4-7-15(14)17/h13-16H,3-12H2,1-2H3. The van der Waals surface area contributed by atoms with Crippen LogP contribution in [-0.4, -0.2) is 37.1 Å². The molecule has 1 aliphatic heterocycles. The number of hydrogen-bond donors (Lipinski definition) is 1. The van der Waals surface area contributed by atoms with E-state index in [1.54, 1.807) is 0 Å². The van der Waals surface area contributed by atoms with Gasteiger partial charge in [0.1, 0.15) is 0 Å². The van der Waals surface area contributed by atoms with Gasteiger partial charge >= 0.3 is 0 Å². The van der Waals surface area contributed by atoms with Gasteiger partial charge in [-0.3, -0.25) is 0 Å². The molecule has 0 amide bonds. The highest BCUT2D eigenvalue weighted by Crippen LogP contribution is 2.35. The summed E-state index contributed by atoms with van der Waals surface area (Å²) in [5.74, 6) is 1.83. The number of nitrogens with zero attached hydrogens (tertiary/aromatic N) is 1. The van der Waals surface area contributed by atoms with Gasteiger partial charge in [-0.05, 0) is 63.7 Å². The van der Waals surface area contributed by atoms with Crippen molar-refractivity contribution in [1.82, 2.24) is 10.2 Å². The molecule has 1 saturated carbocycles. The zero-order valence-corrected chi connectivity index (χ0v) is 11.8. The van der Waals surface area contributed by atoms with Crippen molar-refractivity contribution in [2.75, 3.05) is 26.2 Å². The predicted molar refractivity (Wildman–Crippen MR) is 74.3 cm³/mol. The Morgan fingerprint density at radius 1 is 1.18 bits per heavy atom. The maximum absolute atomic E-state index is 3.55. The van der Waals surface area contributed by atoms with Crippen molar-refractivity contribution in [3.8, 4) is 0 Å². The highest BCUT2D eigenvalue weighted by Gasteiger charge is 2.34. The van der Waals surface area contributed by atoms with Gasteiger partial charge in [-0.15, -0.1) is 0 Å². The van der Waals surface area contributed by atoms with Crippen LogP contribution in [-0.2, 0) is 0 Å². The second-order valence-electron chi connectivity index (χ2n) is 6.39. The molecule has 17 heavy (non-hydrogen) atoms. The molecular formula is C15H30N2. The van der Waals surface area contributed by atoms with Crippen LogP contribution in [0.1, 0.15) is 52.4 Å². The van der Waals surface area contributed by atoms with Crippen LogP contribution in [0, 0.1) is 11.8 Å². The zero-order valence-electron chi connectivity index (χ0n) is 11.8. The smallest absolute Gasteiger partial charge is 0.0124 e. The molecule has 1 heterocycles. The summed E-state index contributed by atoms with van der Waals surface area (Å²) in [7, 11) is 0. The first-order valence-electron chi connectivity index (χ1n) is 7.72. The summed E-state index contributed by atoms with van der Waals surface area (Å²) in [5.41, 5.74) is 0. The van der Waals surface area contributed by atoms with Crippen LogP contribution in [0.4, 0.5) is 0 Å². The van der Waals surface area contributed by atoms with Crippen molar-refractivity contribution < 1.29 is 0 Å². The lowest BCUT2D eigenvalue weighted by Gasteiger charge is -2.31. The van der Waals surface area contributed by atoms with E-state index in [-0.39, 0.29) is 0 Å². The predicted octanol–water partition coefficient (Wildman–Crippen LogP) is 2.89. The van der Waals surface area contributed by atoms with Crippen molar-refractivity contribution >= 4 is 0 Å². The van der Waals surface area contributed by atoms with Gasteiger partial charge in [0.25, 0.3) is 0 Å². The van der Waals surface area contributed by atoms with Crippen LogP contribution in [0.3, 0.4) is 0 Å². The van der Waals surface area contributed by atoms with Crippen LogP contribution in [0.2, 0.25) is 0 Å². The summed E-state index contributed by atoms with van der Waals surface area (Å²) >= 11 is 0. The maximum atomic E-state index is 3.55. The molecule has 0 spiro atoms. The van der Waals surface area contributed by atoms with Crippen LogP contribution >= 0.6 is 0 Å². The van der Waals surface area contributed by atoms with E-state index in [1.807, 2.05) is 0 Å². The van der Waals surface area contributed by atoms with E-state index in [0.29, 0.717) is 0 Å². The van der Waals surface area contributed by atoms with Gasteiger partial charge in [0.05, 0.1) is 0 Å². The lowest BCUT2D eigenvalue weighted by atomic mass is 9.85. The van der Waals surface area contributed by atoms with Crippen molar-refractivity contribution in [2.24, 2.45) is 11.8 Å². The Balaban J connectivity index is 1.59. The maximum Gasteiger partial charge on any atom is 0.0124 e. The molecule has 0 radical (unpaired) electrons. The van der Waals surface area contributed by atoms with E-state index in [1.165, 1.54) is 64.7 Å². The molecular weight excluding hydrogens is 208 g/mol. The van der Waals surface area contributed by atoms with Crippen molar-refractivity contribution in [2.45, 2.75) is 58.4 Å². The Kier molecular flexibility index (Phi) is 5.30. The molecule has 1 aliphatic carbocycles. The molecule has 0 bridgehead atoms. The zero-order chi connectivity index (χ0) is 12.1. The summed E-state index contributed by atoms with van der Waals surface area (Å²) < 4.78 is 0. The fourth-order valence-electron chi connectivity index (χ4n) is 3.58. The van der Waals surface area contributed by atoms with Gasteiger partial charge < -0.3 is 10.2 Å². The SMILES string of the molecule is CC(C)CNCCCN1CCC2CCCCC21. The fraction of sp³-hybridized carbons (Fsp3) is 1.00. The highest BCUT2D eigenvalue weighted by atomic mass is 15.2. The summed E-state index contributed by atoms with van der Waals surface area (Å²) in [6.45, 7) is 9.63. The van der Waals surface area contributed by atoms with Crippen LogP contribution in [0.25, 0.3) is 0 Å². The lowest BCUT2D eigenvalue weighted by Crippen LogP contribution is -2.36. The van der Waals surface area contributed by atoms with Crippen molar-refractivity contribution in [1.29, 1.82) is 0 Å².